The molecule has 1 unspecified atom stereocenters. The average Bonchev–Trinajstić information content (AvgIpc) is 2.69. The molecule has 1 aliphatic rings. The van der Waals surface area contributed by atoms with E-state index < -0.39 is 39.0 Å². The number of hydrogen-bond donors (Lipinski definition) is 1. The molecule has 8 nitrogen and oxygen atoms in total. The van der Waals surface area contributed by atoms with Crippen LogP contribution in [0.2, 0.25) is 0 Å². The highest BCUT2D eigenvalue weighted by molar-refractivity contribution is 7.89. The standard InChI is InChI=1S/C11H20N2O6S/c1-11(2,3)19-10(15)13-6-7(20(12,16)17)5-8(13)9(14)18-4/h7-8H,5-6H2,1-4H3,(H2,12,16,17)/t7?,8-/m0/s1. The zero-order chi connectivity index (χ0) is 15.7. The normalized spacial score (nSPS) is 23.6. The van der Waals surface area contributed by atoms with Crippen LogP contribution >= 0.6 is 0 Å². The van der Waals surface area contributed by atoms with Gasteiger partial charge >= 0.3 is 12.1 Å². The molecule has 1 aliphatic heterocycles. The van der Waals surface area contributed by atoms with E-state index in [0.717, 1.165) is 4.90 Å². The summed E-state index contributed by atoms with van der Waals surface area (Å²) in [5, 5.41) is 4.07. The van der Waals surface area contributed by atoms with E-state index in [-0.39, 0.29) is 13.0 Å². The first kappa shape index (κ1) is 16.7. The van der Waals surface area contributed by atoms with Crippen molar-refractivity contribution in [2.75, 3.05) is 13.7 Å². The Hall–Kier alpha value is -1.35. The molecule has 2 N–H and O–H groups in total. The Balaban J connectivity index is 2.96. The number of methoxy groups -OCH3 is 1. The summed E-state index contributed by atoms with van der Waals surface area (Å²) >= 11 is 0. The lowest BCUT2D eigenvalue weighted by Crippen LogP contribution is -2.44. The van der Waals surface area contributed by atoms with E-state index in [0.29, 0.717) is 0 Å². The van der Waals surface area contributed by atoms with Crippen LogP contribution in [0.3, 0.4) is 0 Å². The Kier molecular flexibility index (Phi) is 4.65. The predicted molar refractivity (Wildman–Crippen MR) is 70.3 cm³/mol. The first-order valence-electron chi connectivity index (χ1n) is 6.05. The fraction of sp³-hybridized carbons (Fsp3) is 0.818. The number of nitrogens with zero attached hydrogens (tertiary/aromatic N) is 1. The summed E-state index contributed by atoms with van der Waals surface area (Å²) in [6, 6.07) is -1.00. The van der Waals surface area contributed by atoms with Crippen LogP contribution in [0, 0.1) is 0 Å². The van der Waals surface area contributed by atoms with Crippen molar-refractivity contribution in [3.63, 3.8) is 0 Å². The predicted octanol–water partition coefficient (Wildman–Crippen LogP) is -0.174. The van der Waals surface area contributed by atoms with Gasteiger partial charge in [-0.25, -0.2) is 23.1 Å². The van der Waals surface area contributed by atoms with Gasteiger partial charge in [0.05, 0.1) is 12.4 Å². The van der Waals surface area contributed by atoms with Crippen molar-refractivity contribution in [3.8, 4) is 0 Å². The number of primary sulfonamides is 1. The Morgan fingerprint density at radius 3 is 2.25 bits per heavy atom. The largest absolute Gasteiger partial charge is 0.467 e. The van der Waals surface area contributed by atoms with Crippen LogP contribution in [0.25, 0.3) is 0 Å². The molecular weight excluding hydrogens is 288 g/mol. The Morgan fingerprint density at radius 2 is 1.85 bits per heavy atom. The van der Waals surface area contributed by atoms with E-state index >= 15 is 0 Å². The zero-order valence-corrected chi connectivity index (χ0v) is 12.8. The molecule has 1 saturated heterocycles. The lowest BCUT2D eigenvalue weighted by Gasteiger charge is -2.27. The maximum atomic E-state index is 12.0. The highest BCUT2D eigenvalue weighted by atomic mass is 32.2. The molecule has 9 heteroatoms. The fourth-order valence-corrected chi connectivity index (χ4v) is 2.74. The molecule has 20 heavy (non-hydrogen) atoms. The molecule has 1 amide bonds. The second-order valence-corrected chi connectivity index (χ2v) is 7.46. The van der Waals surface area contributed by atoms with Crippen molar-refractivity contribution in [3.05, 3.63) is 0 Å². The van der Waals surface area contributed by atoms with Gasteiger partial charge in [-0.15, -0.1) is 0 Å². The molecule has 1 rings (SSSR count). The number of carbonyl (C=O) groups excluding carboxylic acids is 2. The summed E-state index contributed by atoms with van der Waals surface area (Å²) < 4.78 is 32.5. The Bertz CT molecular complexity index is 496. The molecule has 0 aromatic carbocycles. The first-order valence-corrected chi connectivity index (χ1v) is 7.65. The van der Waals surface area contributed by atoms with E-state index in [1.165, 1.54) is 7.11 Å². The second kappa shape index (κ2) is 5.57. The van der Waals surface area contributed by atoms with Crippen LogP contribution in [0.5, 0.6) is 0 Å². The highest BCUT2D eigenvalue weighted by Crippen LogP contribution is 2.25. The third-order valence-corrected chi connectivity index (χ3v) is 4.10. The Morgan fingerprint density at radius 1 is 1.30 bits per heavy atom. The van der Waals surface area contributed by atoms with Gasteiger partial charge in [-0.2, -0.15) is 0 Å². The quantitative estimate of drug-likeness (QED) is 0.708. The average molecular weight is 308 g/mol. The lowest BCUT2D eigenvalue weighted by atomic mass is 10.2. The number of ether oxygens (including phenoxy) is 2. The van der Waals surface area contributed by atoms with Gasteiger partial charge in [-0.05, 0) is 27.2 Å². The van der Waals surface area contributed by atoms with Gasteiger partial charge in [-0.1, -0.05) is 0 Å². The van der Waals surface area contributed by atoms with Crippen molar-refractivity contribution < 1.29 is 27.5 Å². The zero-order valence-electron chi connectivity index (χ0n) is 12.0. The molecule has 0 spiro atoms. The number of hydrogen-bond acceptors (Lipinski definition) is 6. The minimum absolute atomic E-state index is 0.0925. The molecule has 0 bridgehead atoms. The van der Waals surface area contributed by atoms with Crippen LogP contribution in [-0.2, 0) is 24.3 Å². The number of carbonyl (C=O) groups is 2. The van der Waals surface area contributed by atoms with E-state index in [1.54, 1.807) is 20.8 Å². The smallest absolute Gasteiger partial charge is 0.411 e. The molecule has 0 aliphatic carbocycles. The SMILES string of the molecule is COC(=O)[C@@H]1CC(S(N)(=O)=O)CN1C(=O)OC(C)(C)C. The van der Waals surface area contributed by atoms with Gasteiger partial charge in [0.25, 0.3) is 0 Å². The molecule has 1 heterocycles. The molecule has 0 aromatic heterocycles. The number of sulfonamides is 1. The summed E-state index contributed by atoms with van der Waals surface area (Å²) in [5.74, 6) is -0.693. The Labute approximate surface area is 118 Å². The summed E-state index contributed by atoms with van der Waals surface area (Å²) in [6.45, 7) is 4.83. The van der Waals surface area contributed by atoms with E-state index in [2.05, 4.69) is 4.74 Å². The van der Waals surface area contributed by atoms with Gasteiger partial charge in [0.2, 0.25) is 10.0 Å². The van der Waals surface area contributed by atoms with Crippen molar-refractivity contribution in [2.24, 2.45) is 5.14 Å². The third-order valence-electron chi connectivity index (χ3n) is 2.83. The molecule has 2 atom stereocenters. The molecular formula is C11H20N2O6S. The summed E-state index contributed by atoms with van der Waals surface area (Å²) in [5.41, 5.74) is -0.753. The number of rotatable bonds is 2. The fourth-order valence-electron chi connectivity index (χ4n) is 1.92. The van der Waals surface area contributed by atoms with E-state index in [9.17, 15) is 18.0 Å². The minimum Gasteiger partial charge on any atom is -0.467 e. The van der Waals surface area contributed by atoms with Gasteiger partial charge in [0.15, 0.2) is 0 Å². The van der Waals surface area contributed by atoms with Crippen LogP contribution in [0.4, 0.5) is 4.79 Å². The van der Waals surface area contributed by atoms with Gasteiger partial charge in [-0.3, -0.25) is 4.90 Å². The first-order chi connectivity index (χ1) is 8.95. The van der Waals surface area contributed by atoms with E-state index in [1.807, 2.05) is 0 Å². The second-order valence-electron chi connectivity index (χ2n) is 5.62. The van der Waals surface area contributed by atoms with Crippen LogP contribution in [-0.4, -0.2) is 55.9 Å². The van der Waals surface area contributed by atoms with Gasteiger partial charge in [0.1, 0.15) is 11.6 Å². The number of esters is 1. The van der Waals surface area contributed by atoms with Gasteiger partial charge < -0.3 is 9.47 Å². The summed E-state index contributed by atoms with van der Waals surface area (Å²) in [7, 11) is -2.68. The number of likely N-dealkylation sites (tertiary alicyclic amines) is 1. The van der Waals surface area contributed by atoms with Gasteiger partial charge in [0, 0.05) is 6.54 Å². The minimum atomic E-state index is -3.84. The van der Waals surface area contributed by atoms with Crippen LogP contribution in [0.15, 0.2) is 0 Å². The molecule has 0 saturated carbocycles. The lowest BCUT2D eigenvalue weighted by molar-refractivity contribution is -0.145. The summed E-state index contributed by atoms with van der Waals surface area (Å²) in [6.07, 6.45) is -0.857. The van der Waals surface area contributed by atoms with Crippen molar-refractivity contribution >= 4 is 22.1 Å². The van der Waals surface area contributed by atoms with Crippen LogP contribution in [0.1, 0.15) is 27.2 Å². The van der Waals surface area contributed by atoms with Crippen molar-refractivity contribution in [1.29, 1.82) is 0 Å². The van der Waals surface area contributed by atoms with Crippen LogP contribution < -0.4 is 5.14 Å². The number of nitrogens with two attached hydrogens (primary N) is 1. The maximum absolute atomic E-state index is 12.0. The monoisotopic (exact) mass is 308 g/mol. The summed E-state index contributed by atoms with van der Waals surface area (Å²) in [4.78, 5) is 24.7. The molecule has 1 fully saturated rings. The molecule has 116 valence electrons. The van der Waals surface area contributed by atoms with E-state index in [4.69, 9.17) is 9.88 Å². The molecule has 0 aromatic rings. The number of amides is 1. The highest BCUT2D eigenvalue weighted by Gasteiger charge is 2.45. The van der Waals surface area contributed by atoms with Crippen molar-refractivity contribution in [1.82, 2.24) is 4.90 Å². The maximum Gasteiger partial charge on any atom is 0.411 e. The van der Waals surface area contributed by atoms with Crippen molar-refractivity contribution in [2.45, 2.75) is 44.1 Å². The molecule has 0 radical (unpaired) electrons. The topological polar surface area (TPSA) is 116 Å². The third kappa shape index (κ3) is 4.07.